The van der Waals surface area contributed by atoms with Gasteiger partial charge in [-0.15, -0.1) is 0 Å². The van der Waals surface area contributed by atoms with Crippen molar-refractivity contribution in [2.45, 2.75) is 13.3 Å². The number of carbonyl (C=O) groups is 1. The molecule has 6 nitrogen and oxygen atoms in total. The van der Waals surface area contributed by atoms with Gasteiger partial charge in [-0.05, 0) is 43.2 Å². The first-order chi connectivity index (χ1) is 13.1. The van der Waals surface area contributed by atoms with Gasteiger partial charge in [-0.3, -0.25) is 0 Å². The number of aromatic nitrogens is 2. The molecule has 0 amide bonds. The van der Waals surface area contributed by atoms with Gasteiger partial charge in [-0.1, -0.05) is 24.3 Å². The molecule has 0 aliphatic carbocycles. The van der Waals surface area contributed by atoms with Crippen molar-refractivity contribution in [1.29, 1.82) is 0 Å². The summed E-state index contributed by atoms with van der Waals surface area (Å²) in [5, 5.41) is 3.27. The molecule has 3 aromatic rings. The summed E-state index contributed by atoms with van der Waals surface area (Å²) in [4.78, 5) is 23.2. The second-order valence-corrected chi connectivity index (χ2v) is 6.42. The average Bonchev–Trinajstić information content (AvgIpc) is 3.11. The van der Waals surface area contributed by atoms with Crippen molar-refractivity contribution < 1.29 is 9.53 Å². The number of benzene rings is 2. The van der Waals surface area contributed by atoms with Gasteiger partial charge in [-0.2, -0.15) is 4.98 Å². The second-order valence-electron chi connectivity index (χ2n) is 6.42. The number of para-hydroxylation sites is 1. The third kappa shape index (κ3) is 3.46. The Kier molecular flexibility index (Phi) is 4.46. The Morgan fingerprint density at radius 3 is 2.81 bits per heavy atom. The first kappa shape index (κ1) is 17.0. The van der Waals surface area contributed by atoms with Crippen LogP contribution < -0.4 is 10.2 Å². The predicted molar refractivity (Wildman–Crippen MR) is 105 cm³/mol. The Morgan fingerprint density at radius 1 is 1.11 bits per heavy atom. The number of anilines is 4. The van der Waals surface area contributed by atoms with Gasteiger partial charge < -0.3 is 15.0 Å². The highest BCUT2D eigenvalue weighted by molar-refractivity contribution is 5.90. The zero-order valence-corrected chi connectivity index (χ0v) is 15.3. The lowest BCUT2D eigenvalue weighted by Gasteiger charge is -2.18. The van der Waals surface area contributed by atoms with Crippen LogP contribution in [0.4, 0.5) is 23.1 Å². The van der Waals surface area contributed by atoms with Crippen molar-refractivity contribution in [3.05, 3.63) is 71.4 Å². The van der Waals surface area contributed by atoms with Crippen LogP contribution in [0.15, 0.2) is 54.6 Å². The van der Waals surface area contributed by atoms with Crippen molar-refractivity contribution >= 4 is 29.1 Å². The second kappa shape index (κ2) is 7.07. The Balaban J connectivity index is 1.63. The first-order valence-corrected chi connectivity index (χ1v) is 8.80. The number of nitrogens with zero attached hydrogens (tertiary/aromatic N) is 3. The molecule has 136 valence electrons. The van der Waals surface area contributed by atoms with Crippen LogP contribution in [0.5, 0.6) is 0 Å². The highest BCUT2D eigenvalue weighted by Crippen LogP contribution is 2.33. The van der Waals surface area contributed by atoms with Gasteiger partial charge in [0.1, 0.15) is 5.82 Å². The molecule has 0 bridgehead atoms. The van der Waals surface area contributed by atoms with E-state index in [2.05, 4.69) is 33.4 Å². The fourth-order valence-corrected chi connectivity index (χ4v) is 3.27. The maximum atomic E-state index is 11.7. The first-order valence-electron chi connectivity index (χ1n) is 8.80. The van der Waals surface area contributed by atoms with Crippen LogP contribution in [0, 0.1) is 6.92 Å². The highest BCUT2D eigenvalue weighted by atomic mass is 16.5. The van der Waals surface area contributed by atoms with Crippen molar-refractivity contribution in [1.82, 2.24) is 9.97 Å². The van der Waals surface area contributed by atoms with E-state index < -0.39 is 0 Å². The van der Waals surface area contributed by atoms with Crippen molar-refractivity contribution in [3.63, 3.8) is 0 Å². The molecule has 2 heterocycles. The minimum Gasteiger partial charge on any atom is -0.465 e. The van der Waals surface area contributed by atoms with Gasteiger partial charge in [0.15, 0.2) is 0 Å². The van der Waals surface area contributed by atoms with E-state index in [4.69, 9.17) is 9.72 Å². The smallest absolute Gasteiger partial charge is 0.337 e. The van der Waals surface area contributed by atoms with E-state index >= 15 is 0 Å². The van der Waals surface area contributed by atoms with E-state index in [9.17, 15) is 4.79 Å². The number of hydrogen-bond acceptors (Lipinski definition) is 6. The minimum absolute atomic E-state index is 0.369. The number of fused-ring (bicyclic) bond motifs is 1. The van der Waals surface area contributed by atoms with E-state index in [0.717, 1.165) is 30.0 Å². The lowest BCUT2D eigenvalue weighted by atomic mass is 10.2. The van der Waals surface area contributed by atoms with Crippen molar-refractivity contribution in [2.75, 3.05) is 23.9 Å². The molecule has 4 rings (SSSR count). The van der Waals surface area contributed by atoms with E-state index in [1.807, 2.05) is 25.1 Å². The Labute approximate surface area is 157 Å². The zero-order valence-electron chi connectivity index (χ0n) is 15.3. The zero-order chi connectivity index (χ0) is 18.8. The van der Waals surface area contributed by atoms with Crippen LogP contribution in [0.2, 0.25) is 0 Å². The summed E-state index contributed by atoms with van der Waals surface area (Å²) in [5.41, 5.74) is 4.59. The lowest BCUT2D eigenvalue weighted by Crippen LogP contribution is -2.17. The monoisotopic (exact) mass is 360 g/mol. The summed E-state index contributed by atoms with van der Waals surface area (Å²) < 4.78 is 4.78. The molecule has 1 N–H and O–H groups in total. The standard InChI is InChI=1S/C21H20N4O2/c1-14-12-19(23-17-8-5-7-16(13-17)20(26)27-2)24-21(22-14)25-11-10-15-6-3-4-9-18(15)25/h3-9,12-13H,10-11H2,1-2H3,(H,22,23,24). The van der Waals surface area contributed by atoms with Crippen LogP contribution in [-0.4, -0.2) is 29.6 Å². The van der Waals surface area contributed by atoms with E-state index in [1.165, 1.54) is 12.7 Å². The molecule has 0 atom stereocenters. The topological polar surface area (TPSA) is 67.3 Å². The molecule has 6 heteroatoms. The molecule has 1 aliphatic heterocycles. The van der Waals surface area contributed by atoms with E-state index in [1.54, 1.807) is 18.2 Å². The maximum Gasteiger partial charge on any atom is 0.337 e. The summed E-state index contributed by atoms with van der Waals surface area (Å²) >= 11 is 0. The van der Waals surface area contributed by atoms with Crippen molar-refractivity contribution in [3.8, 4) is 0 Å². The van der Waals surface area contributed by atoms with Gasteiger partial charge in [0, 0.05) is 29.7 Å². The molecular formula is C21H20N4O2. The van der Waals surface area contributed by atoms with E-state index in [-0.39, 0.29) is 5.97 Å². The minimum atomic E-state index is -0.369. The molecule has 0 radical (unpaired) electrons. The number of aryl methyl sites for hydroxylation is 1. The SMILES string of the molecule is COC(=O)c1cccc(Nc2cc(C)nc(N3CCc4ccccc43)n2)c1. The number of methoxy groups -OCH3 is 1. The molecule has 1 aliphatic rings. The van der Waals surface area contributed by atoms with Gasteiger partial charge >= 0.3 is 5.97 Å². The van der Waals surface area contributed by atoms with Gasteiger partial charge in [0.2, 0.25) is 5.95 Å². The van der Waals surface area contributed by atoms with Crippen LogP contribution in [0.25, 0.3) is 0 Å². The Morgan fingerprint density at radius 2 is 1.96 bits per heavy atom. The number of carbonyl (C=O) groups excluding carboxylic acids is 1. The quantitative estimate of drug-likeness (QED) is 0.709. The molecule has 0 spiro atoms. The summed E-state index contributed by atoms with van der Waals surface area (Å²) in [6.07, 6.45) is 0.984. The van der Waals surface area contributed by atoms with Crippen molar-refractivity contribution in [2.24, 2.45) is 0 Å². The predicted octanol–water partition coefficient (Wildman–Crippen LogP) is 4.01. The number of nitrogens with one attached hydrogen (secondary N) is 1. The molecular weight excluding hydrogens is 340 g/mol. The Bertz CT molecular complexity index is 1000. The number of ether oxygens (including phenoxy) is 1. The molecule has 1 aromatic heterocycles. The molecule has 2 aromatic carbocycles. The van der Waals surface area contributed by atoms with Crippen LogP contribution >= 0.6 is 0 Å². The molecule has 0 saturated heterocycles. The largest absolute Gasteiger partial charge is 0.465 e. The molecule has 0 saturated carbocycles. The lowest BCUT2D eigenvalue weighted by molar-refractivity contribution is 0.0601. The highest BCUT2D eigenvalue weighted by Gasteiger charge is 2.22. The summed E-state index contributed by atoms with van der Waals surface area (Å²) in [5.74, 6) is 0.988. The third-order valence-electron chi connectivity index (χ3n) is 4.53. The Hall–Kier alpha value is -3.41. The fraction of sp³-hybridized carbons (Fsp3) is 0.190. The molecule has 27 heavy (non-hydrogen) atoms. The van der Waals surface area contributed by atoms with Gasteiger partial charge in [0.05, 0.1) is 12.7 Å². The van der Waals surface area contributed by atoms with Crippen LogP contribution in [-0.2, 0) is 11.2 Å². The van der Waals surface area contributed by atoms with Crippen LogP contribution in [0.3, 0.4) is 0 Å². The third-order valence-corrected chi connectivity index (χ3v) is 4.53. The summed E-state index contributed by atoms with van der Waals surface area (Å²) in [6, 6.07) is 17.4. The number of esters is 1. The summed E-state index contributed by atoms with van der Waals surface area (Å²) in [7, 11) is 1.37. The number of hydrogen-bond donors (Lipinski definition) is 1. The van der Waals surface area contributed by atoms with E-state index in [0.29, 0.717) is 17.3 Å². The van der Waals surface area contributed by atoms with Gasteiger partial charge in [0.25, 0.3) is 0 Å². The normalized spacial score (nSPS) is 12.6. The van der Waals surface area contributed by atoms with Crippen LogP contribution in [0.1, 0.15) is 21.6 Å². The average molecular weight is 360 g/mol. The fourth-order valence-electron chi connectivity index (χ4n) is 3.27. The number of rotatable bonds is 4. The molecule has 0 fully saturated rings. The summed E-state index contributed by atoms with van der Waals surface area (Å²) in [6.45, 7) is 2.81. The maximum absolute atomic E-state index is 11.7. The molecule has 0 unspecified atom stereocenters. The van der Waals surface area contributed by atoms with Gasteiger partial charge in [-0.25, -0.2) is 9.78 Å².